The number of fused-ring (bicyclic) bond motifs is 6. The Labute approximate surface area is 302 Å². The lowest BCUT2D eigenvalue weighted by molar-refractivity contribution is 0.660. The van der Waals surface area contributed by atoms with Gasteiger partial charge in [-0.2, -0.15) is 0 Å². The average molecular weight is 668 g/mol. The van der Waals surface area contributed by atoms with Crippen molar-refractivity contribution in [1.82, 2.24) is 15.0 Å². The lowest BCUT2D eigenvalue weighted by Gasteiger charge is -2.21. The van der Waals surface area contributed by atoms with Crippen LogP contribution in [0.1, 0.15) is 25.0 Å². The average Bonchev–Trinajstić information content (AvgIpc) is 3.70. The molecule has 10 rings (SSSR count). The highest BCUT2D eigenvalue weighted by Crippen LogP contribution is 2.51. The Bertz CT molecular complexity index is 2800. The fraction of sp³-hybridized carbons (Fsp3) is 0.0625. The maximum Gasteiger partial charge on any atom is 0.164 e. The van der Waals surface area contributed by atoms with Crippen molar-refractivity contribution in [2.45, 2.75) is 19.3 Å². The molecule has 52 heavy (non-hydrogen) atoms. The maximum absolute atomic E-state index is 6.55. The van der Waals surface area contributed by atoms with Gasteiger partial charge in [0.2, 0.25) is 0 Å². The van der Waals surface area contributed by atoms with E-state index < -0.39 is 0 Å². The van der Waals surface area contributed by atoms with E-state index in [4.69, 9.17) is 19.4 Å². The number of aromatic nitrogens is 3. The highest BCUT2D eigenvalue weighted by atomic mass is 16.3. The number of furan rings is 1. The zero-order chi connectivity index (χ0) is 34.8. The van der Waals surface area contributed by atoms with Gasteiger partial charge in [0.25, 0.3) is 0 Å². The van der Waals surface area contributed by atoms with Crippen molar-refractivity contribution in [3.63, 3.8) is 0 Å². The normalized spacial score (nSPS) is 13.0. The SMILES string of the molecule is CC1(C)c2ccccc2-c2c(-c3nc(-c4ccccc4)nc(-c4ccc5c(c4)oc4cccc(-c6ccc(-c7ccccc7)cc6)c45)n3)cccc21. The van der Waals surface area contributed by atoms with Crippen LogP contribution in [0.5, 0.6) is 0 Å². The molecule has 4 nitrogen and oxygen atoms in total. The number of nitrogens with zero attached hydrogens (tertiary/aromatic N) is 3. The van der Waals surface area contributed by atoms with Gasteiger partial charge in [-0.25, -0.2) is 15.0 Å². The fourth-order valence-corrected chi connectivity index (χ4v) is 7.96. The highest BCUT2D eigenvalue weighted by Gasteiger charge is 2.37. The molecule has 0 aliphatic heterocycles. The predicted octanol–water partition coefficient (Wildman–Crippen LogP) is 12.4. The second-order valence-electron chi connectivity index (χ2n) is 14.0. The summed E-state index contributed by atoms with van der Waals surface area (Å²) >= 11 is 0. The molecule has 246 valence electrons. The first kappa shape index (κ1) is 30.2. The summed E-state index contributed by atoms with van der Waals surface area (Å²) in [5.74, 6) is 1.89. The Balaban J connectivity index is 1.12. The summed E-state index contributed by atoms with van der Waals surface area (Å²) in [6.07, 6.45) is 0. The molecule has 1 aliphatic rings. The van der Waals surface area contributed by atoms with Gasteiger partial charge in [0, 0.05) is 32.9 Å². The van der Waals surface area contributed by atoms with E-state index in [2.05, 4.69) is 135 Å². The van der Waals surface area contributed by atoms with Gasteiger partial charge in [-0.15, -0.1) is 0 Å². The Morgan fingerprint density at radius 2 is 0.962 bits per heavy atom. The molecule has 9 aromatic rings. The molecule has 0 spiro atoms. The van der Waals surface area contributed by atoms with Crippen LogP contribution in [0.4, 0.5) is 0 Å². The monoisotopic (exact) mass is 667 g/mol. The second-order valence-corrected chi connectivity index (χ2v) is 14.0. The van der Waals surface area contributed by atoms with Crippen molar-refractivity contribution in [3.05, 3.63) is 175 Å². The van der Waals surface area contributed by atoms with Crippen molar-refractivity contribution in [2.75, 3.05) is 0 Å². The molecule has 0 bridgehead atoms. The number of hydrogen-bond donors (Lipinski definition) is 0. The van der Waals surface area contributed by atoms with Gasteiger partial charge in [0.05, 0.1) is 0 Å². The molecule has 0 N–H and O–H groups in total. The summed E-state index contributed by atoms with van der Waals surface area (Å²) in [5.41, 5.74) is 14.0. The Kier molecular flexibility index (Phi) is 6.80. The third-order valence-corrected chi connectivity index (χ3v) is 10.6. The van der Waals surface area contributed by atoms with Crippen LogP contribution >= 0.6 is 0 Å². The lowest BCUT2D eigenvalue weighted by Crippen LogP contribution is -2.14. The number of hydrogen-bond acceptors (Lipinski definition) is 4. The van der Waals surface area contributed by atoms with E-state index >= 15 is 0 Å². The smallest absolute Gasteiger partial charge is 0.164 e. The molecule has 1 aliphatic carbocycles. The van der Waals surface area contributed by atoms with Crippen LogP contribution in [0, 0.1) is 0 Å². The summed E-state index contributed by atoms with van der Waals surface area (Å²) in [4.78, 5) is 15.4. The zero-order valence-electron chi connectivity index (χ0n) is 28.8. The van der Waals surface area contributed by atoms with Crippen LogP contribution < -0.4 is 0 Å². The topological polar surface area (TPSA) is 51.8 Å². The third-order valence-electron chi connectivity index (χ3n) is 10.6. The van der Waals surface area contributed by atoms with Crippen LogP contribution in [0.15, 0.2) is 168 Å². The largest absolute Gasteiger partial charge is 0.456 e. The minimum absolute atomic E-state index is 0.130. The molecule has 0 unspecified atom stereocenters. The molecule has 0 fully saturated rings. The van der Waals surface area contributed by atoms with Crippen LogP contribution in [0.3, 0.4) is 0 Å². The van der Waals surface area contributed by atoms with Crippen molar-refractivity contribution in [1.29, 1.82) is 0 Å². The highest BCUT2D eigenvalue weighted by molar-refractivity contribution is 6.13. The quantitative estimate of drug-likeness (QED) is 0.183. The standard InChI is InChI=1S/C48H33N3O/c1-48(2)39-20-10-9-17-36(39)43-38(19-11-21-40(43)48)47-50-45(33-15-7-4-8-16-33)49-46(51-47)34-27-28-37-42(29-34)52-41-22-12-18-35(44(37)41)32-25-23-31(24-26-32)30-13-5-3-6-14-30/h3-29H,1-2H3. The van der Waals surface area contributed by atoms with E-state index in [0.29, 0.717) is 17.5 Å². The van der Waals surface area contributed by atoms with E-state index in [0.717, 1.165) is 49.8 Å². The van der Waals surface area contributed by atoms with Crippen molar-refractivity contribution >= 4 is 21.9 Å². The minimum Gasteiger partial charge on any atom is -0.456 e. The van der Waals surface area contributed by atoms with E-state index in [9.17, 15) is 0 Å². The van der Waals surface area contributed by atoms with Crippen LogP contribution in [0.25, 0.3) is 89.5 Å². The summed E-state index contributed by atoms with van der Waals surface area (Å²) in [6, 6.07) is 57.2. The molecule has 0 saturated heterocycles. The maximum atomic E-state index is 6.55. The summed E-state index contributed by atoms with van der Waals surface area (Å²) in [6.45, 7) is 4.59. The van der Waals surface area contributed by atoms with Gasteiger partial charge in [0.15, 0.2) is 17.5 Å². The molecule has 2 aromatic heterocycles. The van der Waals surface area contributed by atoms with Crippen LogP contribution in [-0.4, -0.2) is 15.0 Å². The van der Waals surface area contributed by atoms with Gasteiger partial charge in [-0.3, -0.25) is 0 Å². The van der Waals surface area contributed by atoms with E-state index in [1.165, 1.54) is 33.4 Å². The zero-order valence-corrected chi connectivity index (χ0v) is 28.8. The molecule has 0 radical (unpaired) electrons. The van der Waals surface area contributed by atoms with Crippen LogP contribution in [0.2, 0.25) is 0 Å². The van der Waals surface area contributed by atoms with E-state index in [1.54, 1.807) is 0 Å². The molecule has 0 saturated carbocycles. The van der Waals surface area contributed by atoms with Crippen molar-refractivity contribution < 1.29 is 4.42 Å². The number of benzene rings is 7. The Hall–Kier alpha value is -6.65. The summed E-state index contributed by atoms with van der Waals surface area (Å²) < 4.78 is 6.55. The molecule has 2 heterocycles. The molecular formula is C48H33N3O. The van der Waals surface area contributed by atoms with Crippen LogP contribution in [-0.2, 0) is 5.41 Å². The van der Waals surface area contributed by atoms with E-state index in [1.807, 2.05) is 42.5 Å². The minimum atomic E-state index is -0.130. The molecule has 7 aromatic carbocycles. The summed E-state index contributed by atoms with van der Waals surface area (Å²) in [7, 11) is 0. The van der Waals surface area contributed by atoms with Gasteiger partial charge in [0.1, 0.15) is 11.2 Å². The molecule has 0 amide bonds. The Morgan fingerprint density at radius 1 is 0.404 bits per heavy atom. The second kappa shape index (κ2) is 11.7. The van der Waals surface area contributed by atoms with Gasteiger partial charge in [-0.1, -0.05) is 159 Å². The number of rotatable bonds is 5. The third kappa shape index (κ3) is 4.79. The first-order chi connectivity index (χ1) is 25.5. The van der Waals surface area contributed by atoms with Gasteiger partial charge in [-0.05, 0) is 62.7 Å². The first-order valence-corrected chi connectivity index (χ1v) is 17.7. The molecular weight excluding hydrogens is 635 g/mol. The van der Waals surface area contributed by atoms with Gasteiger partial charge >= 0.3 is 0 Å². The lowest BCUT2D eigenvalue weighted by atomic mass is 9.82. The first-order valence-electron chi connectivity index (χ1n) is 17.7. The fourth-order valence-electron chi connectivity index (χ4n) is 7.96. The van der Waals surface area contributed by atoms with Crippen molar-refractivity contribution in [2.24, 2.45) is 0 Å². The Morgan fingerprint density at radius 3 is 1.75 bits per heavy atom. The van der Waals surface area contributed by atoms with Gasteiger partial charge < -0.3 is 4.42 Å². The molecule has 4 heteroatoms. The van der Waals surface area contributed by atoms with Crippen molar-refractivity contribution in [3.8, 4) is 67.5 Å². The molecule has 0 atom stereocenters. The van der Waals surface area contributed by atoms with E-state index in [-0.39, 0.29) is 5.41 Å². The summed E-state index contributed by atoms with van der Waals surface area (Å²) in [5, 5.41) is 2.15. The predicted molar refractivity (Wildman–Crippen MR) is 212 cm³/mol.